The number of aliphatic carboxylic acids is 1. The van der Waals surface area contributed by atoms with Crippen LogP contribution in [-0.2, 0) is 9.53 Å². The maximum absolute atomic E-state index is 11.4. The van der Waals surface area contributed by atoms with Crippen molar-refractivity contribution in [2.24, 2.45) is 0 Å². The summed E-state index contributed by atoms with van der Waals surface area (Å²) in [6, 6.07) is 6.16. The van der Waals surface area contributed by atoms with Gasteiger partial charge in [0.15, 0.2) is 6.29 Å². The lowest BCUT2D eigenvalue weighted by molar-refractivity contribution is -0.137. The maximum atomic E-state index is 11.4. The van der Waals surface area contributed by atoms with Crippen molar-refractivity contribution in [3.8, 4) is 0 Å². The van der Waals surface area contributed by atoms with Gasteiger partial charge in [-0.15, -0.1) is 0 Å². The van der Waals surface area contributed by atoms with E-state index in [0.717, 1.165) is 0 Å². The van der Waals surface area contributed by atoms with Gasteiger partial charge in [0.25, 0.3) is 0 Å². The van der Waals surface area contributed by atoms with Crippen LogP contribution < -0.4 is 0 Å². The fourth-order valence-corrected chi connectivity index (χ4v) is 1.09. The van der Waals surface area contributed by atoms with Gasteiger partial charge < -0.3 is 9.84 Å². The Hall–Kier alpha value is -2.17. The highest BCUT2D eigenvalue weighted by molar-refractivity contribution is 5.98. The summed E-state index contributed by atoms with van der Waals surface area (Å²) in [7, 11) is 0. The summed E-state index contributed by atoms with van der Waals surface area (Å²) >= 11 is 0. The lowest BCUT2D eigenvalue weighted by atomic mass is 10.1. The Morgan fingerprint density at radius 3 is 2.62 bits per heavy atom. The summed E-state index contributed by atoms with van der Waals surface area (Å²) in [5.41, 5.74) is 0.366. The predicted molar refractivity (Wildman–Crippen MR) is 54.4 cm³/mol. The number of carboxylic acid groups (broad SMARTS) is 1. The second kappa shape index (κ2) is 5.65. The average Bonchev–Trinajstić information content (AvgIpc) is 2.28. The van der Waals surface area contributed by atoms with Gasteiger partial charge in [-0.2, -0.15) is 0 Å². The van der Waals surface area contributed by atoms with Crippen LogP contribution in [0.15, 0.2) is 24.3 Å². The molecule has 0 saturated heterocycles. The van der Waals surface area contributed by atoms with Crippen molar-refractivity contribution < 1.29 is 24.2 Å². The van der Waals surface area contributed by atoms with E-state index < -0.39 is 11.9 Å². The van der Waals surface area contributed by atoms with Crippen molar-refractivity contribution in [3.63, 3.8) is 0 Å². The van der Waals surface area contributed by atoms with Crippen LogP contribution in [0.1, 0.15) is 27.1 Å². The Balaban J connectivity index is 2.65. The van der Waals surface area contributed by atoms with Crippen LogP contribution in [0.4, 0.5) is 0 Å². The van der Waals surface area contributed by atoms with Gasteiger partial charge in [0.2, 0.25) is 0 Å². The summed E-state index contributed by atoms with van der Waals surface area (Å²) in [5.74, 6) is -1.74. The van der Waals surface area contributed by atoms with E-state index in [9.17, 15) is 14.4 Å². The zero-order valence-electron chi connectivity index (χ0n) is 8.38. The zero-order chi connectivity index (χ0) is 12.0. The Kier molecular flexibility index (Phi) is 4.20. The minimum atomic E-state index is -1.04. The van der Waals surface area contributed by atoms with E-state index in [-0.39, 0.29) is 24.2 Å². The minimum Gasteiger partial charge on any atom is -0.481 e. The number of esters is 1. The quantitative estimate of drug-likeness (QED) is 0.596. The summed E-state index contributed by atoms with van der Waals surface area (Å²) < 4.78 is 4.70. The lowest BCUT2D eigenvalue weighted by Crippen LogP contribution is -2.11. The fraction of sp³-hybridized carbons (Fsp3) is 0.182. The first-order chi connectivity index (χ1) is 7.65. The van der Waals surface area contributed by atoms with Crippen molar-refractivity contribution in [1.82, 2.24) is 0 Å². The van der Waals surface area contributed by atoms with Gasteiger partial charge in [-0.3, -0.25) is 9.59 Å². The van der Waals surface area contributed by atoms with E-state index in [0.29, 0.717) is 6.29 Å². The maximum Gasteiger partial charge on any atom is 0.338 e. The summed E-state index contributed by atoms with van der Waals surface area (Å²) in [6.07, 6.45) is 0.294. The first kappa shape index (κ1) is 11.9. The van der Waals surface area contributed by atoms with Crippen molar-refractivity contribution >= 4 is 18.2 Å². The highest BCUT2D eigenvalue weighted by Gasteiger charge is 2.11. The van der Waals surface area contributed by atoms with Crippen LogP contribution >= 0.6 is 0 Å². The molecule has 0 radical (unpaired) electrons. The van der Waals surface area contributed by atoms with Crippen LogP contribution in [0, 0.1) is 0 Å². The number of benzene rings is 1. The molecule has 0 saturated carbocycles. The van der Waals surface area contributed by atoms with Gasteiger partial charge in [-0.05, 0) is 6.07 Å². The lowest BCUT2D eigenvalue weighted by Gasteiger charge is -2.04. The average molecular weight is 222 g/mol. The normalized spacial score (nSPS) is 9.50. The molecule has 1 aromatic rings. The van der Waals surface area contributed by atoms with Crippen LogP contribution in [0.3, 0.4) is 0 Å². The molecule has 5 heteroatoms. The van der Waals surface area contributed by atoms with Crippen molar-refractivity contribution in [1.29, 1.82) is 0 Å². The molecule has 0 amide bonds. The molecular formula is C11H10O5. The van der Waals surface area contributed by atoms with Gasteiger partial charge in [-0.1, -0.05) is 18.2 Å². The standard InChI is InChI=1S/C11H10O5/c12-7-8-3-1-2-4-9(8)11(15)16-6-5-10(13)14/h1-4,7H,5-6H2,(H,13,14). The number of rotatable bonds is 5. The number of hydrogen-bond acceptors (Lipinski definition) is 4. The van der Waals surface area contributed by atoms with E-state index in [2.05, 4.69) is 0 Å². The molecule has 0 heterocycles. The first-order valence-corrected chi connectivity index (χ1v) is 4.58. The molecule has 0 fully saturated rings. The summed E-state index contributed by atoms with van der Waals surface area (Å²) in [6.45, 7) is -0.207. The fourth-order valence-electron chi connectivity index (χ4n) is 1.09. The summed E-state index contributed by atoms with van der Waals surface area (Å²) in [4.78, 5) is 32.2. The first-order valence-electron chi connectivity index (χ1n) is 4.58. The highest BCUT2D eigenvalue weighted by Crippen LogP contribution is 2.07. The number of ether oxygens (including phenoxy) is 1. The number of carbonyl (C=O) groups excluding carboxylic acids is 2. The molecule has 0 unspecified atom stereocenters. The van der Waals surface area contributed by atoms with Gasteiger partial charge in [0.1, 0.15) is 6.61 Å². The Labute approximate surface area is 91.6 Å². The molecule has 5 nitrogen and oxygen atoms in total. The monoisotopic (exact) mass is 222 g/mol. The van der Waals surface area contributed by atoms with Crippen molar-refractivity contribution in [2.45, 2.75) is 6.42 Å². The van der Waals surface area contributed by atoms with Crippen LogP contribution in [0.25, 0.3) is 0 Å². The van der Waals surface area contributed by atoms with Crippen molar-refractivity contribution in [3.05, 3.63) is 35.4 Å². The molecule has 0 aliphatic carbocycles. The van der Waals surface area contributed by atoms with Crippen LogP contribution in [-0.4, -0.2) is 29.9 Å². The molecule has 0 aliphatic heterocycles. The Morgan fingerprint density at radius 1 is 1.31 bits per heavy atom. The zero-order valence-corrected chi connectivity index (χ0v) is 8.38. The third-order valence-corrected chi connectivity index (χ3v) is 1.86. The topological polar surface area (TPSA) is 80.7 Å². The van der Waals surface area contributed by atoms with Crippen molar-refractivity contribution in [2.75, 3.05) is 6.61 Å². The van der Waals surface area contributed by atoms with E-state index >= 15 is 0 Å². The summed E-state index contributed by atoms with van der Waals surface area (Å²) in [5, 5.41) is 8.35. The molecular weight excluding hydrogens is 212 g/mol. The number of aldehydes is 1. The highest BCUT2D eigenvalue weighted by atomic mass is 16.5. The third kappa shape index (κ3) is 3.20. The molecule has 0 atom stereocenters. The Bertz CT molecular complexity index is 411. The van der Waals surface area contributed by atoms with E-state index in [1.165, 1.54) is 12.1 Å². The van der Waals surface area contributed by atoms with E-state index in [1.54, 1.807) is 12.1 Å². The minimum absolute atomic E-state index is 0.142. The van der Waals surface area contributed by atoms with E-state index in [4.69, 9.17) is 9.84 Å². The second-order valence-electron chi connectivity index (χ2n) is 2.98. The van der Waals surface area contributed by atoms with Gasteiger partial charge >= 0.3 is 11.9 Å². The third-order valence-electron chi connectivity index (χ3n) is 1.86. The van der Waals surface area contributed by atoms with Crippen LogP contribution in [0.2, 0.25) is 0 Å². The number of carboxylic acids is 1. The molecule has 0 aliphatic rings. The van der Waals surface area contributed by atoms with E-state index in [1.807, 2.05) is 0 Å². The molecule has 84 valence electrons. The molecule has 1 aromatic carbocycles. The second-order valence-corrected chi connectivity index (χ2v) is 2.98. The molecule has 1 rings (SSSR count). The largest absolute Gasteiger partial charge is 0.481 e. The number of hydrogen-bond donors (Lipinski definition) is 1. The number of carbonyl (C=O) groups is 3. The molecule has 1 N–H and O–H groups in total. The van der Waals surface area contributed by atoms with Gasteiger partial charge in [0.05, 0.1) is 12.0 Å². The SMILES string of the molecule is O=Cc1ccccc1C(=O)OCCC(=O)O. The molecule has 16 heavy (non-hydrogen) atoms. The van der Waals surface area contributed by atoms with Crippen LogP contribution in [0.5, 0.6) is 0 Å². The molecule has 0 aromatic heterocycles. The smallest absolute Gasteiger partial charge is 0.338 e. The predicted octanol–water partition coefficient (Wildman–Crippen LogP) is 1.13. The van der Waals surface area contributed by atoms with Gasteiger partial charge in [0, 0.05) is 5.56 Å². The molecule has 0 spiro atoms. The Morgan fingerprint density at radius 2 is 2.00 bits per heavy atom. The molecule has 0 bridgehead atoms. The van der Waals surface area contributed by atoms with Gasteiger partial charge in [-0.25, -0.2) is 4.79 Å².